The molecule has 0 fully saturated rings. The fourth-order valence-corrected chi connectivity index (χ4v) is 3.83. The predicted octanol–water partition coefficient (Wildman–Crippen LogP) is 0.862. The van der Waals surface area contributed by atoms with Crippen LogP contribution in [0, 0.1) is 0 Å². The molecule has 0 aliphatic heterocycles. The molecule has 0 spiro atoms. The van der Waals surface area contributed by atoms with Gasteiger partial charge in [-0.1, -0.05) is 6.92 Å². The van der Waals surface area contributed by atoms with Crippen LogP contribution < -0.4 is 0 Å². The molecule has 8 heteroatoms. The van der Waals surface area contributed by atoms with Crippen molar-refractivity contribution >= 4 is 39.3 Å². The number of carbonyl (C=O) groups is 3. The molecule has 1 unspecified atom stereocenters. The van der Waals surface area contributed by atoms with E-state index in [1.54, 1.807) is 6.92 Å². The van der Waals surface area contributed by atoms with Crippen LogP contribution in [0.15, 0.2) is 0 Å². The molecule has 0 N–H and O–H groups in total. The van der Waals surface area contributed by atoms with Crippen LogP contribution in [0.1, 0.15) is 34.1 Å². The smallest absolute Gasteiger partial charge is 0.455 e. The first-order valence-corrected chi connectivity index (χ1v) is 7.32. The van der Waals surface area contributed by atoms with E-state index in [0.717, 1.165) is 20.8 Å². The number of hydrogen-bond acceptors (Lipinski definition) is 7. The average molecular weight is 280 g/mol. The van der Waals surface area contributed by atoms with Gasteiger partial charge in [-0.15, -0.1) is 0 Å². The van der Waals surface area contributed by atoms with Gasteiger partial charge in [0.15, 0.2) is 0 Å². The van der Waals surface area contributed by atoms with Crippen LogP contribution in [0.5, 0.6) is 0 Å². The average Bonchev–Trinajstić information content (AvgIpc) is 2.12. The zero-order valence-corrected chi connectivity index (χ0v) is 12.1. The van der Waals surface area contributed by atoms with Crippen LogP contribution in [0.2, 0.25) is 0 Å². The number of carbonyl (C=O) groups excluding carboxylic acids is 3. The third-order valence-corrected chi connectivity index (χ3v) is 5.91. The minimum Gasteiger partial charge on any atom is -0.455 e. The van der Waals surface area contributed by atoms with Gasteiger partial charge in [-0.25, -0.2) is 0 Å². The van der Waals surface area contributed by atoms with Crippen molar-refractivity contribution in [3.63, 3.8) is 0 Å². The lowest BCUT2D eigenvalue weighted by atomic mass is 10.6. The summed E-state index contributed by atoms with van der Waals surface area (Å²) in [5.41, 5.74) is 0. The van der Waals surface area contributed by atoms with E-state index in [2.05, 4.69) is 12.6 Å². The molecule has 98 valence electrons. The van der Waals surface area contributed by atoms with Gasteiger partial charge in [-0.2, -0.15) is 12.6 Å². The quantitative estimate of drug-likeness (QED) is 0.594. The maximum atomic E-state index is 11.0. The highest BCUT2D eigenvalue weighted by Gasteiger charge is 2.57. The van der Waals surface area contributed by atoms with Gasteiger partial charge in [0.25, 0.3) is 17.9 Å². The lowest BCUT2D eigenvalue weighted by molar-refractivity contribution is -0.147. The molecule has 0 aromatic carbocycles. The number of hydrogen-bond donors (Lipinski definition) is 1. The van der Waals surface area contributed by atoms with Gasteiger partial charge in [-0.3, -0.25) is 14.4 Å². The van der Waals surface area contributed by atoms with Gasteiger partial charge in [0.05, 0.1) is 0 Å². The molecule has 1 atom stereocenters. The van der Waals surface area contributed by atoms with E-state index in [1.165, 1.54) is 0 Å². The highest BCUT2D eigenvalue weighted by Crippen LogP contribution is 2.23. The van der Waals surface area contributed by atoms with Crippen molar-refractivity contribution in [2.24, 2.45) is 0 Å². The molecule has 0 amide bonds. The monoisotopic (exact) mass is 280 g/mol. The molecule has 0 aromatic rings. The van der Waals surface area contributed by atoms with Crippen LogP contribution in [-0.4, -0.2) is 31.6 Å². The summed E-state index contributed by atoms with van der Waals surface area (Å²) in [4.78, 5) is 32.5. The molecule has 6 nitrogen and oxygen atoms in total. The predicted molar refractivity (Wildman–Crippen MR) is 64.1 cm³/mol. The van der Waals surface area contributed by atoms with E-state index < -0.39 is 31.6 Å². The van der Waals surface area contributed by atoms with Crippen molar-refractivity contribution in [2.45, 2.75) is 39.0 Å². The Hall–Kier alpha value is -1.02. The SMILES string of the molecule is CCC(S)[Si](OC(C)=O)(OC(C)=O)OC(C)=O. The fourth-order valence-electron chi connectivity index (χ4n) is 1.12. The summed E-state index contributed by atoms with van der Waals surface area (Å²) < 4.78 is 14.8. The molecule has 0 heterocycles. The van der Waals surface area contributed by atoms with Gasteiger partial charge in [0.1, 0.15) is 4.87 Å². The van der Waals surface area contributed by atoms with Gasteiger partial charge in [-0.05, 0) is 6.42 Å². The summed E-state index contributed by atoms with van der Waals surface area (Å²) >= 11 is 4.16. The van der Waals surface area contributed by atoms with Crippen molar-refractivity contribution in [1.82, 2.24) is 0 Å². The second-order valence-electron chi connectivity index (χ2n) is 3.31. The zero-order valence-electron chi connectivity index (χ0n) is 10.2. The van der Waals surface area contributed by atoms with Crippen LogP contribution in [0.3, 0.4) is 0 Å². The normalized spacial score (nSPS) is 12.5. The Morgan fingerprint density at radius 2 is 1.29 bits per heavy atom. The van der Waals surface area contributed by atoms with Crippen LogP contribution in [0.4, 0.5) is 0 Å². The first-order chi connectivity index (χ1) is 7.73. The van der Waals surface area contributed by atoms with E-state index >= 15 is 0 Å². The lowest BCUT2D eigenvalue weighted by Gasteiger charge is -2.29. The molecule has 0 rings (SSSR count). The summed E-state index contributed by atoms with van der Waals surface area (Å²) in [5, 5.41) is 0. The maximum absolute atomic E-state index is 11.0. The van der Waals surface area contributed by atoms with E-state index in [1.807, 2.05) is 0 Å². The van der Waals surface area contributed by atoms with E-state index in [9.17, 15) is 14.4 Å². The Labute approximate surface area is 106 Å². The molecule has 0 saturated heterocycles. The van der Waals surface area contributed by atoms with Crippen molar-refractivity contribution < 1.29 is 27.7 Å². The van der Waals surface area contributed by atoms with E-state index in [4.69, 9.17) is 13.3 Å². The molecular weight excluding hydrogens is 264 g/mol. The number of rotatable bonds is 5. The molecular formula is C9H16O6SSi. The highest BCUT2D eigenvalue weighted by atomic mass is 32.1. The molecule has 0 radical (unpaired) electrons. The lowest BCUT2D eigenvalue weighted by Crippen LogP contribution is -2.56. The zero-order chi connectivity index (χ0) is 13.6. The Morgan fingerprint density at radius 1 is 1.00 bits per heavy atom. The summed E-state index contributed by atoms with van der Waals surface area (Å²) in [5.74, 6) is -2.06. The molecule has 17 heavy (non-hydrogen) atoms. The largest absolute Gasteiger partial charge is 0.718 e. The third kappa shape index (κ3) is 5.22. The minimum atomic E-state index is -3.77. The summed E-state index contributed by atoms with van der Waals surface area (Å²) in [7, 11) is -3.77. The van der Waals surface area contributed by atoms with Crippen molar-refractivity contribution in [3.05, 3.63) is 0 Å². The second kappa shape index (κ2) is 6.65. The summed E-state index contributed by atoms with van der Waals surface area (Å²) in [6.07, 6.45) is 0.420. The first-order valence-electron chi connectivity index (χ1n) is 5.00. The van der Waals surface area contributed by atoms with E-state index in [0.29, 0.717) is 6.42 Å². The third-order valence-electron chi connectivity index (χ3n) is 1.65. The Balaban J connectivity index is 5.24. The van der Waals surface area contributed by atoms with Crippen molar-refractivity contribution in [2.75, 3.05) is 0 Å². The molecule has 0 bridgehead atoms. The molecule has 0 aliphatic carbocycles. The van der Waals surface area contributed by atoms with Gasteiger partial charge in [0.2, 0.25) is 0 Å². The Morgan fingerprint density at radius 3 is 1.47 bits per heavy atom. The van der Waals surface area contributed by atoms with Crippen molar-refractivity contribution in [3.8, 4) is 0 Å². The Kier molecular flexibility index (Phi) is 6.25. The van der Waals surface area contributed by atoms with Crippen LogP contribution in [-0.2, 0) is 27.7 Å². The van der Waals surface area contributed by atoms with Gasteiger partial charge in [0, 0.05) is 20.8 Å². The molecule has 0 saturated carbocycles. The minimum absolute atomic E-state index is 0.420. The fraction of sp³-hybridized carbons (Fsp3) is 0.667. The highest BCUT2D eigenvalue weighted by molar-refractivity contribution is 7.83. The van der Waals surface area contributed by atoms with Crippen molar-refractivity contribution in [1.29, 1.82) is 0 Å². The molecule has 0 aliphatic rings. The summed E-state index contributed by atoms with van der Waals surface area (Å²) in [6.45, 7) is 5.18. The summed E-state index contributed by atoms with van der Waals surface area (Å²) in [6, 6.07) is 0. The second-order valence-corrected chi connectivity index (χ2v) is 6.93. The first kappa shape index (κ1) is 16.0. The maximum Gasteiger partial charge on any atom is 0.718 e. The standard InChI is InChI=1S/C9H16O6SSi/c1-5-9(16)17(13-6(2)10,14-7(3)11)15-8(4)12/h9,16H,5H2,1-4H3. The molecule has 0 aromatic heterocycles. The van der Waals surface area contributed by atoms with Crippen LogP contribution in [0.25, 0.3) is 0 Å². The topological polar surface area (TPSA) is 78.9 Å². The Bertz CT molecular complexity index is 278. The van der Waals surface area contributed by atoms with Crippen LogP contribution >= 0.6 is 12.6 Å². The van der Waals surface area contributed by atoms with Gasteiger partial charge >= 0.3 is 8.80 Å². The number of thiol groups is 1. The van der Waals surface area contributed by atoms with E-state index in [-0.39, 0.29) is 0 Å². The van der Waals surface area contributed by atoms with Gasteiger partial charge < -0.3 is 13.3 Å².